The van der Waals surface area contributed by atoms with Crippen LogP contribution in [0.15, 0.2) is 15.9 Å². The first-order valence-electron chi connectivity index (χ1n) is 5.95. The SMILES string of the molecule is CCNC(Cc1cc(Br)cs1)C1CSCCS1. The molecule has 2 atom stereocenters. The maximum absolute atomic E-state index is 3.67. The molecule has 2 rings (SSSR count). The molecule has 1 fully saturated rings. The van der Waals surface area contributed by atoms with E-state index in [0.717, 1.165) is 11.8 Å². The smallest absolute Gasteiger partial charge is 0.0295 e. The second-order valence-electron chi connectivity index (χ2n) is 4.08. The van der Waals surface area contributed by atoms with Gasteiger partial charge in [-0.1, -0.05) is 6.92 Å². The van der Waals surface area contributed by atoms with Crippen LogP contribution in [0.25, 0.3) is 0 Å². The van der Waals surface area contributed by atoms with Gasteiger partial charge >= 0.3 is 0 Å². The summed E-state index contributed by atoms with van der Waals surface area (Å²) in [6, 6.07) is 2.89. The number of hydrogen-bond acceptors (Lipinski definition) is 4. The van der Waals surface area contributed by atoms with Crippen LogP contribution < -0.4 is 5.32 Å². The number of thioether (sulfide) groups is 2. The first-order valence-corrected chi connectivity index (χ1v) is 9.83. The van der Waals surface area contributed by atoms with Crippen LogP contribution in [0, 0.1) is 0 Å². The molecule has 1 aliphatic rings. The third-order valence-corrected chi connectivity index (χ3v) is 7.44. The zero-order valence-corrected chi connectivity index (χ0v) is 14.0. The van der Waals surface area contributed by atoms with Crippen molar-refractivity contribution in [2.75, 3.05) is 23.8 Å². The lowest BCUT2D eigenvalue weighted by Gasteiger charge is -2.29. The van der Waals surface area contributed by atoms with Gasteiger partial charge in [0.25, 0.3) is 0 Å². The van der Waals surface area contributed by atoms with Crippen LogP contribution in [0.5, 0.6) is 0 Å². The van der Waals surface area contributed by atoms with Crippen molar-refractivity contribution in [1.82, 2.24) is 5.32 Å². The van der Waals surface area contributed by atoms with E-state index >= 15 is 0 Å². The summed E-state index contributed by atoms with van der Waals surface area (Å²) in [6.07, 6.45) is 1.17. The molecule has 0 amide bonds. The summed E-state index contributed by atoms with van der Waals surface area (Å²) in [4.78, 5) is 1.49. The quantitative estimate of drug-likeness (QED) is 0.864. The normalized spacial score (nSPS) is 22.6. The minimum Gasteiger partial charge on any atom is -0.313 e. The average Bonchev–Trinajstić information content (AvgIpc) is 2.75. The van der Waals surface area contributed by atoms with E-state index in [9.17, 15) is 0 Å². The monoisotopic (exact) mass is 351 g/mol. The Morgan fingerprint density at radius 3 is 3.00 bits per heavy atom. The Morgan fingerprint density at radius 1 is 1.53 bits per heavy atom. The lowest BCUT2D eigenvalue weighted by molar-refractivity contribution is 0.525. The Hall–Kier alpha value is 0.840. The van der Waals surface area contributed by atoms with Crippen LogP contribution in [0.2, 0.25) is 0 Å². The van der Waals surface area contributed by atoms with Crippen LogP contribution in [-0.4, -0.2) is 35.1 Å². The zero-order chi connectivity index (χ0) is 12.1. The zero-order valence-electron chi connectivity index (χ0n) is 9.95. The highest BCUT2D eigenvalue weighted by molar-refractivity contribution is 9.10. The number of likely N-dealkylation sites (N-methyl/N-ethyl adjacent to an activating group) is 1. The average molecular weight is 352 g/mol. The van der Waals surface area contributed by atoms with Gasteiger partial charge in [0.1, 0.15) is 0 Å². The van der Waals surface area contributed by atoms with Crippen molar-refractivity contribution in [1.29, 1.82) is 0 Å². The molecule has 1 aliphatic heterocycles. The van der Waals surface area contributed by atoms with Crippen LogP contribution >= 0.6 is 50.8 Å². The number of halogens is 1. The van der Waals surface area contributed by atoms with Crippen molar-refractivity contribution < 1.29 is 0 Å². The molecule has 2 heterocycles. The van der Waals surface area contributed by atoms with Gasteiger partial charge < -0.3 is 5.32 Å². The maximum atomic E-state index is 3.67. The molecule has 5 heteroatoms. The van der Waals surface area contributed by atoms with Gasteiger partial charge in [-0.15, -0.1) is 11.3 Å². The second kappa shape index (κ2) is 7.43. The van der Waals surface area contributed by atoms with E-state index in [0.29, 0.717) is 6.04 Å². The Morgan fingerprint density at radius 2 is 2.41 bits per heavy atom. The summed E-state index contributed by atoms with van der Waals surface area (Å²) in [5.41, 5.74) is 0. The molecule has 1 nitrogen and oxygen atoms in total. The molecule has 0 aliphatic carbocycles. The lowest BCUT2D eigenvalue weighted by atomic mass is 10.1. The van der Waals surface area contributed by atoms with Gasteiger partial charge in [-0.2, -0.15) is 23.5 Å². The van der Waals surface area contributed by atoms with E-state index in [1.54, 1.807) is 0 Å². The van der Waals surface area contributed by atoms with Gasteiger partial charge in [0, 0.05) is 43.3 Å². The summed E-state index contributed by atoms with van der Waals surface area (Å²) < 4.78 is 1.22. The predicted molar refractivity (Wildman–Crippen MR) is 86.8 cm³/mol. The van der Waals surface area contributed by atoms with Gasteiger partial charge in [0.05, 0.1) is 0 Å². The number of thiophene rings is 1. The summed E-state index contributed by atoms with van der Waals surface area (Å²) >= 11 is 9.66. The molecular formula is C12H18BrNS3. The molecular weight excluding hydrogens is 334 g/mol. The van der Waals surface area contributed by atoms with Crippen LogP contribution in [0.3, 0.4) is 0 Å². The van der Waals surface area contributed by atoms with Crippen LogP contribution in [0.1, 0.15) is 11.8 Å². The first-order chi connectivity index (χ1) is 8.29. The topological polar surface area (TPSA) is 12.0 Å². The van der Waals surface area contributed by atoms with Gasteiger partial charge in [0.15, 0.2) is 0 Å². The molecule has 0 bridgehead atoms. The molecule has 17 heavy (non-hydrogen) atoms. The molecule has 1 saturated heterocycles. The number of nitrogens with one attached hydrogen (secondary N) is 1. The molecule has 1 N–H and O–H groups in total. The minimum atomic E-state index is 0.628. The standard InChI is InChI=1S/C12H18BrNS3/c1-2-14-11(12-8-15-3-4-16-12)6-10-5-9(13)7-17-10/h5,7,11-12,14H,2-4,6,8H2,1H3. The molecule has 0 radical (unpaired) electrons. The minimum absolute atomic E-state index is 0.628. The maximum Gasteiger partial charge on any atom is 0.0295 e. The van der Waals surface area contributed by atoms with Crippen molar-refractivity contribution in [2.24, 2.45) is 0 Å². The highest BCUT2D eigenvalue weighted by Gasteiger charge is 2.24. The number of hydrogen-bond donors (Lipinski definition) is 1. The van der Waals surface area contributed by atoms with E-state index in [-0.39, 0.29) is 0 Å². The molecule has 0 aromatic carbocycles. The molecule has 1 aromatic rings. The molecule has 96 valence electrons. The van der Waals surface area contributed by atoms with Gasteiger partial charge in [-0.3, -0.25) is 0 Å². The largest absolute Gasteiger partial charge is 0.313 e. The van der Waals surface area contributed by atoms with Crippen LogP contribution in [-0.2, 0) is 6.42 Å². The highest BCUT2D eigenvalue weighted by Crippen LogP contribution is 2.29. The fourth-order valence-corrected chi connectivity index (χ4v) is 6.41. The van der Waals surface area contributed by atoms with E-state index in [4.69, 9.17) is 0 Å². The third-order valence-electron chi connectivity index (χ3n) is 2.80. The summed E-state index contributed by atoms with van der Waals surface area (Å²) in [5, 5.41) is 6.62. The second-order valence-corrected chi connectivity index (χ2v) is 8.49. The first kappa shape index (κ1) is 14.3. The molecule has 1 aromatic heterocycles. The summed E-state index contributed by atoms with van der Waals surface area (Å²) in [6.45, 7) is 3.27. The number of rotatable bonds is 5. The van der Waals surface area contributed by atoms with Gasteiger partial charge in [-0.25, -0.2) is 0 Å². The predicted octanol–water partition coefficient (Wildman–Crippen LogP) is 3.88. The Balaban J connectivity index is 1.95. The fraction of sp³-hybridized carbons (Fsp3) is 0.667. The molecule has 0 saturated carbocycles. The van der Waals surface area contributed by atoms with Crippen molar-refractivity contribution in [2.45, 2.75) is 24.6 Å². The van der Waals surface area contributed by atoms with Crippen molar-refractivity contribution in [3.63, 3.8) is 0 Å². The Bertz CT molecular complexity index is 336. The third kappa shape index (κ3) is 4.46. The van der Waals surface area contributed by atoms with E-state index in [1.807, 2.05) is 11.3 Å². The summed E-state index contributed by atoms with van der Waals surface area (Å²) in [5.74, 6) is 3.94. The Kier molecular flexibility index (Phi) is 6.23. The van der Waals surface area contributed by atoms with Crippen molar-refractivity contribution in [3.05, 3.63) is 20.8 Å². The van der Waals surface area contributed by atoms with Crippen LogP contribution in [0.4, 0.5) is 0 Å². The van der Waals surface area contributed by atoms with Gasteiger partial charge in [-0.05, 0) is 35.0 Å². The van der Waals surface area contributed by atoms with Crippen molar-refractivity contribution >= 4 is 50.8 Å². The van der Waals surface area contributed by atoms with Gasteiger partial charge in [0.2, 0.25) is 0 Å². The fourth-order valence-electron chi connectivity index (χ4n) is 2.01. The Labute approximate surface area is 125 Å². The van der Waals surface area contributed by atoms with E-state index in [2.05, 4.69) is 63.1 Å². The van der Waals surface area contributed by atoms with Crippen molar-refractivity contribution in [3.8, 4) is 0 Å². The highest BCUT2D eigenvalue weighted by atomic mass is 79.9. The lowest BCUT2D eigenvalue weighted by Crippen LogP contribution is -2.42. The van der Waals surface area contributed by atoms with E-state index in [1.165, 1.54) is 33.0 Å². The molecule has 2 unspecified atom stereocenters. The summed E-state index contributed by atoms with van der Waals surface area (Å²) in [7, 11) is 0. The van der Waals surface area contributed by atoms with E-state index < -0.39 is 0 Å². The molecule has 0 spiro atoms.